The van der Waals surface area contributed by atoms with Gasteiger partial charge in [0, 0.05) is 18.2 Å². The molecule has 1 aromatic carbocycles. The zero-order chi connectivity index (χ0) is 14.8. The van der Waals surface area contributed by atoms with Crippen molar-refractivity contribution in [3.63, 3.8) is 0 Å². The fourth-order valence-electron chi connectivity index (χ4n) is 4.00. The number of hydrazine groups is 1. The van der Waals surface area contributed by atoms with Gasteiger partial charge in [-0.1, -0.05) is 12.8 Å². The van der Waals surface area contributed by atoms with E-state index in [1.165, 1.54) is 32.1 Å². The highest BCUT2D eigenvalue weighted by atomic mass is 16.2. The number of nitrogens with one attached hydrogen (secondary N) is 1. The molecule has 0 bridgehead atoms. The summed E-state index contributed by atoms with van der Waals surface area (Å²) in [6.07, 6.45) is 7.51. The Morgan fingerprint density at radius 2 is 2.00 bits per heavy atom. The molecule has 0 radical (unpaired) electrons. The summed E-state index contributed by atoms with van der Waals surface area (Å²) in [5.74, 6) is 6.38. The van der Waals surface area contributed by atoms with Crippen LogP contribution in [0, 0.1) is 12.8 Å². The Morgan fingerprint density at radius 1 is 1.24 bits per heavy atom. The van der Waals surface area contributed by atoms with E-state index in [1.54, 1.807) is 0 Å². The molecule has 0 spiro atoms. The second kappa shape index (κ2) is 6.06. The van der Waals surface area contributed by atoms with Gasteiger partial charge < -0.3 is 10.3 Å². The van der Waals surface area contributed by atoms with Crippen molar-refractivity contribution in [2.24, 2.45) is 11.8 Å². The highest BCUT2D eigenvalue weighted by Crippen LogP contribution is 2.36. The lowest BCUT2D eigenvalue weighted by Gasteiger charge is -2.44. The van der Waals surface area contributed by atoms with E-state index in [2.05, 4.69) is 10.3 Å². The van der Waals surface area contributed by atoms with Crippen LogP contribution in [0.4, 0.5) is 5.69 Å². The van der Waals surface area contributed by atoms with Crippen LogP contribution in [0.1, 0.15) is 54.4 Å². The molecule has 1 aliphatic heterocycles. The number of carbonyl (C=O) groups excluding carboxylic acids is 1. The van der Waals surface area contributed by atoms with Gasteiger partial charge in [-0.3, -0.25) is 10.6 Å². The van der Waals surface area contributed by atoms with Crippen molar-refractivity contribution in [1.82, 2.24) is 4.90 Å². The molecule has 114 valence electrons. The van der Waals surface area contributed by atoms with Gasteiger partial charge in [0.15, 0.2) is 0 Å². The molecule has 1 aliphatic carbocycles. The molecule has 1 heterocycles. The lowest BCUT2D eigenvalue weighted by Crippen LogP contribution is -2.49. The number of nitrogens with zero attached hydrogens (tertiary/aromatic N) is 1. The van der Waals surface area contributed by atoms with Crippen LogP contribution in [0.15, 0.2) is 18.2 Å². The molecule has 2 aliphatic rings. The van der Waals surface area contributed by atoms with E-state index in [4.69, 9.17) is 5.84 Å². The summed E-state index contributed by atoms with van der Waals surface area (Å²) in [4.78, 5) is 15.0. The van der Waals surface area contributed by atoms with Crippen LogP contribution in [-0.2, 0) is 0 Å². The van der Waals surface area contributed by atoms with Gasteiger partial charge >= 0.3 is 0 Å². The number of amides is 1. The summed E-state index contributed by atoms with van der Waals surface area (Å²) in [5.41, 5.74) is 5.34. The summed E-state index contributed by atoms with van der Waals surface area (Å²) in [7, 11) is 0. The average molecular weight is 287 g/mol. The number of anilines is 1. The van der Waals surface area contributed by atoms with Gasteiger partial charge in [0.05, 0.1) is 5.69 Å². The standard InChI is InChI=1S/C17H25N3O/c1-12-11-14(8-9-15(12)19-18)17(21)20-10-4-6-13-5-2-3-7-16(13)20/h8-9,11,13,16,19H,2-7,10,18H2,1H3/t13-,16-/m1/s1. The maximum absolute atomic E-state index is 12.9. The van der Waals surface area contributed by atoms with E-state index in [9.17, 15) is 4.79 Å². The minimum Gasteiger partial charge on any atom is -0.335 e. The number of carbonyl (C=O) groups is 1. The van der Waals surface area contributed by atoms with Crippen molar-refractivity contribution in [2.45, 2.75) is 51.5 Å². The number of aryl methyl sites for hydroxylation is 1. The van der Waals surface area contributed by atoms with Gasteiger partial charge in [-0.25, -0.2) is 0 Å². The number of likely N-dealkylation sites (tertiary alicyclic amines) is 1. The van der Waals surface area contributed by atoms with Crippen LogP contribution < -0.4 is 11.3 Å². The predicted octanol–water partition coefficient (Wildman–Crippen LogP) is 3.08. The topological polar surface area (TPSA) is 58.4 Å². The van der Waals surface area contributed by atoms with Crippen molar-refractivity contribution in [3.05, 3.63) is 29.3 Å². The Balaban J connectivity index is 1.81. The van der Waals surface area contributed by atoms with Gasteiger partial charge in [-0.05, 0) is 62.3 Å². The third kappa shape index (κ3) is 2.77. The fourth-order valence-corrected chi connectivity index (χ4v) is 4.00. The number of nitrogens with two attached hydrogens (primary N) is 1. The van der Waals surface area contributed by atoms with Gasteiger partial charge in [-0.2, -0.15) is 0 Å². The maximum Gasteiger partial charge on any atom is 0.254 e. The number of piperidine rings is 1. The third-order valence-electron chi connectivity index (χ3n) is 5.13. The maximum atomic E-state index is 12.9. The van der Waals surface area contributed by atoms with Crippen LogP contribution in [0.3, 0.4) is 0 Å². The van der Waals surface area contributed by atoms with E-state index in [0.717, 1.165) is 35.7 Å². The SMILES string of the molecule is Cc1cc(C(=O)N2CCC[C@H]3CCCC[C@H]32)ccc1NN. The molecule has 4 nitrogen and oxygen atoms in total. The highest BCUT2D eigenvalue weighted by Gasteiger charge is 2.35. The lowest BCUT2D eigenvalue weighted by atomic mass is 9.78. The zero-order valence-electron chi connectivity index (χ0n) is 12.8. The molecule has 4 heteroatoms. The van der Waals surface area contributed by atoms with Crippen LogP contribution in [0.5, 0.6) is 0 Å². The molecule has 0 aromatic heterocycles. The summed E-state index contributed by atoms with van der Waals surface area (Å²) < 4.78 is 0. The fraction of sp³-hybridized carbons (Fsp3) is 0.588. The van der Waals surface area contributed by atoms with Crippen LogP contribution >= 0.6 is 0 Å². The van der Waals surface area contributed by atoms with E-state index in [-0.39, 0.29) is 5.91 Å². The molecule has 0 unspecified atom stereocenters. The number of nitrogen functional groups attached to an aromatic ring is 1. The van der Waals surface area contributed by atoms with E-state index in [1.807, 2.05) is 25.1 Å². The minimum atomic E-state index is 0.193. The largest absolute Gasteiger partial charge is 0.335 e. The highest BCUT2D eigenvalue weighted by molar-refractivity contribution is 5.95. The smallest absolute Gasteiger partial charge is 0.254 e. The molecule has 3 rings (SSSR count). The first-order valence-electron chi connectivity index (χ1n) is 8.09. The van der Waals surface area contributed by atoms with Crippen molar-refractivity contribution >= 4 is 11.6 Å². The number of hydrogen-bond donors (Lipinski definition) is 2. The average Bonchev–Trinajstić information content (AvgIpc) is 2.53. The second-order valence-electron chi connectivity index (χ2n) is 6.43. The van der Waals surface area contributed by atoms with Gasteiger partial charge in [0.2, 0.25) is 0 Å². The predicted molar refractivity (Wildman–Crippen MR) is 85.0 cm³/mol. The molecule has 2 fully saturated rings. The third-order valence-corrected chi connectivity index (χ3v) is 5.13. The van der Waals surface area contributed by atoms with Crippen molar-refractivity contribution in [2.75, 3.05) is 12.0 Å². The molecule has 1 aromatic rings. The summed E-state index contributed by atoms with van der Waals surface area (Å²) in [5, 5.41) is 0. The van der Waals surface area contributed by atoms with Gasteiger partial charge in [0.25, 0.3) is 5.91 Å². The molecular weight excluding hydrogens is 262 g/mol. The van der Waals surface area contributed by atoms with Gasteiger partial charge in [-0.15, -0.1) is 0 Å². The minimum absolute atomic E-state index is 0.193. The Kier molecular flexibility index (Phi) is 4.15. The molecule has 3 N–H and O–H groups in total. The van der Waals surface area contributed by atoms with E-state index in [0.29, 0.717) is 6.04 Å². The van der Waals surface area contributed by atoms with E-state index >= 15 is 0 Å². The Bertz CT molecular complexity index is 527. The second-order valence-corrected chi connectivity index (χ2v) is 6.43. The number of benzene rings is 1. The van der Waals surface area contributed by atoms with Crippen molar-refractivity contribution < 1.29 is 4.79 Å². The van der Waals surface area contributed by atoms with Crippen molar-refractivity contribution in [3.8, 4) is 0 Å². The number of hydrogen-bond acceptors (Lipinski definition) is 3. The lowest BCUT2D eigenvalue weighted by molar-refractivity contribution is 0.0390. The first-order valence-corrected chi connectivity index (χ1v) is 8.09. The zero-order valence-corrected chi connectivity index (χ0v) is 12.8. The first-order chi connectivity index (χ1) is 10.2. The molecule has 1 saturated carbocycles. The first kappa shape index (κ1) is 14.4. The Hall–Kier alpha value is -1.55. The summed E-state index contributed by atoms with van der Waals surface area (Å²) >= 11 is 0. The quantitative estimate of drug-likeness (QED) is 0.649. The van der Waals surface area contributed by atoms with Crippen LogP contribution in [0.25, 0.3) is 0 Å². The Morgan fingerprint density at radius 3 is 2.76 bits per heavy atom. The Labute approximate surface area is 126 Å². The molecule has 1 saturated heterocycles. The molecule has 21 heavy (non-hydrogen) atoms. The summed E-state index contributed by atoms with van der Waals surface area (Å²) in [6.45, 7) is 2.89. The number of fused-ring (bicyclic) bond motifs is 1. The monoisotopic (exact) mass is 287 g/mol. The van der Waals surface area contributed by atoms with Crippen LogP contribution in [-0.4, -0.2) is 23.4 Å². The van der Waals surface area contributed by atoms with E-state index < -0.39 is 0 Å². The van der Waals surface area contributed by atoms with Crippen LogP contribution in [0.2, 0.25) is 0 Å². The normalized spacial score (nSPS) is 25.3. The molecule has 2 atom stereocenters. The molecule has 1 amide bonds. The van der Waals surface area contributed by atoms with Gasteiger partial charge in [0.1, 0.15) is 0 Å². The summed E-state index contributed by atoms with van der Waals surface area (Å²) in [6, 6.07) is 6.19. The molecular formula is C17H25N3O. The van der Waals surface area contributed by atoms with Crippen molar-refractivity contribution in [1.29, 1.82) is 0 Å². The number of rotatable bonds is 2.